The number of amides is 1. The van der Waals surface area contributed by atoms with E-state index in [1.165, 1.54) is 11.3 Å². The summed E-state index contributed by atoms with van der Waals surface area (Å²) in [5, 5.41) is 0. The normalized spacial score (nSPS) is 16.0. The minimum atomic E-state index is 0.0693. The second-order valence-electron chi connectivity index (χ2n) is 9.93. The number of anilines is 2. The van der Waals surface area contributed by atoms with Crippen LogP contribution in [-0.2, 0) is 11.3 Å². The Bertz CT molecular complexity index is 1340. The van der Waals surface area contributed by atoms with Crippen molar-refractivity contribution in [1.82, 2.24) is 9.55 Å². The van der Waals surface area contributed by atoms with Gasteiger partial charge < -0.3 is 14.4 Å². The van der Waals surface area contributed by atoms with Gasteiger partial charge in [0.1, 0.15) is 5.82 Å². The van der Waals surface area contributed by atoms with Crippen molar-refractivity contribution in [3.8, 4) is 0 Å². The highest BCUT2D eigenvalue weighted by molar-refractivity contribution is 5.97. The third-order valence-corrected chi connectivity index (χ3v) is 7.09. The second kappa shape index (κ2) is 9.57. The van der Waals surface area contributed by atoms with Crippen LogP contribution in [0.2, 0.25) is 0 Å². The highest BCUT2D eigenvalue weighted by Gasteiger charge is 2.35. The van der Waals surface area contributed by atoms with E-state index in [2.05, 4.69) is 104 Å². The smallest absolute Gasteiger partial charge is 0.227 e. The molecule has 35 heavy (non-hydrogen) atoms. The minimum absolute atomic E-state index is 0.0693. The van der Waals surface area contributed by atoms with Gasteiger partial charge in [0.15, 0.2) is 0 Å². The number of nitrogens with zero attached hydrogens (tertiary/aromatic N) is 4. The van der Waals surface area contributed by atoms with Crippen LogP contribution >= 0.6 is 0 Å². The molecule has 180 valence electrons. The lowest BCUT2D eigenvalue weighted by molar-refractivity contribution is -0.117. The lowest BCUT2D eigenvalue weighted by Gasteiger charge is -2.30. The predicted molar refractivity (Wildman–Crippen MR) is 144 cm³/mol. The van der Waals surface area contributed by atoms with Gasteiger partial charge >= 0.3 is 0 Å². The Morgan fingerprint density at radius 2 is 1.74 bits per heavy atom. The molecular formula is C30H34N4O. The summed E-state index contributed by atoms with van der Waals surface area (Å²) < 4.78 is 2.34. The van der Waals surface area contributed by atoms with Crippen molar-refractivity contribution in [3.05, 3.63) is 89.7 Å². The van der Waals surface area contributed by atoms with E-state index in [9.17, 15) is 4.79 Å². The molecule has 1 aromatic heterocycles. The quantitative estimate of drug-likeness (QED) is 0.331. The molecule has 5 rings (SSSR count). The summed E-state index contributed by atoms with van der Waals surface area (Å²) in [7, 11) is 0. The van der Waals surface area contributed by atoms with Crippen LogP contribution in [0.15, 0.2) is 72.8 Å². The van der Waals surface area contributed by atoms with Crippen LogP contribution in [-0.4, -0.2) is 34.6 Å². The molecule has 5 nitrogen and oxygen atoms in total. The zero-order valence-electron chi connectivity index (χ0n) is 21.1. The number of carbonyl (C=O) groups is 1. The van der Waals surface area contributed by atoms with Crippen LogP contribution in [0.25, 0.3) is 11.0 Å². The third kappa shape index (κ3) is 4.55. The first-order valence-corrected chi connectivity index (χ1v) is 12.6. The molecule has 0 saturated carbocycles. The molecule has 1 aliphatic rings. The summed E-state index contributed by atoms with van der Waals surface area (Å²) in [6, 6.07) is 25.6. The van der Waals surface area contributed by atoms with E-state index < -0.39 is 0 Å². The largest absolute Gasteiger partial charge is 0.367 e. The van der Waals surface area contributed by atoms with Crippen LogP contribution in [0.5, 0.6) is 0 Å². The van der Waals surface area contributed by atoms with Gasteiger partial charge in [-0.25, -0.2) is 4.98 Å². The first-order valence-electron chi connectivity index (χ1n) is 12.6. The summed E-state index contributed by atoms with van der Waals surface area (Å²) in [6.07, 6.45) is 0.489. The molecule has 1 atom stereocenters. The molecule has 0 radical (unpaired) electrons. The molecule has 5 heteroatoms. The fraction of sp³-hybridized carbons (Fsp3) is 0.333. The standard InChI is InChI=1S/C30H34N4O/c1-21(2)32(25-10-6-5-7-11-25)16-17-33-28-13-9-8-12-26(28)31-30(33)24-19-29(35)34(20-24)27-15-14-22(3)18-23(27)4/h5-15,18,21,24H,16-17,19-20H2,1-4H3/t24-/m0/s1. The van der Waals surface area contributed by atoms with Gasteiger partial charge in [-0.15, -0.1) is 0 Å². The molecule has 3 aromatic carbocycles. The Morgan fingerprint density at radius 3 is 2.49 bits per heavy atom. The predicted octanol–water partition coefficient (Wildman–Crippen LogP) is 6.09. The zero-order valence-corrected chi connectivity index (χ0v) is 21.1. The Hall–Kier alpha value is -3.60. The number of hydrogen-bond acceptors (Lipinski definition) is 3. The van der Waals surface area contributed by atoms with Gasteiger partial charge in [0.25, 0.3) is 0 Å². The molecule has 4 aromatic rings. The maximum absolute atomic E-state index is 13.1. The van der Waals surface area contributed by atoms with E-state index in [1.807, 2.05) is 11.0 Å². The summed E-state index contributed by atoms with van der Waals surface area (Å²) >= 11 is 0. The number of imidazole rings is 1. The van der Waals surface area contributed by atoms with Crippen molar-refractivity contribution >= 4 is 28.3 Å². The van der Waals surface area contributed by atoms with Crippen molar-refractivity contribution in [3.63, 3.8) is 0 Å². The van der Waals surface area contributed by atoms with Crippen LogP contribution < -0.4 is 9.80 Å². The number of aryl methyl sites for hydroxylation is 2. The number of hydrogen-bond donors (Lipinski definition) is 0. The maximum Gasteiger partial charge on any atom is 0.227 e. The fourth-order valence-electron chi connectivity index (χ4n) is 5.38. The van der Waals surface area contributed by atoms with E-state index in [1.54, 1.807) is 0 Å². The molecule has 0 aliphatic carbocycles. The van der Waals surface area contributed by atoms with Crippen molar-refractivity contribution in [2.75, 3.05) is 22.9 Å². The Morgan fingerprint density at radius 1 is 1.00 bits per heavy atom. The van der Waals surface area contributed by atoms with Crippen molar-refractivity contribution < 1.29 is 4.79 Å². The van der Waals surface area contributed by atoms with E-state index in [4.69, 9.17) is 4.98 Å². The summed E-state index contributed by atoms with van der Waals surface area (Å²) in [5.74, 6) is 1.26. The van der Waals surface area contributed by atoms with E-state index >= 15 is 0 Å². The fourth-order valence-corrected chi connectivity index (χ4v) is 5.38. The topological polar surface area (TPSA) is 41.4 Å². The average Bonchev–Trinajstić information content (AvgIpc) is 3.40. The number of carbonyl (C=O) groups excluding carboxylic acids is 1. The summed E-state index contributed by atoms with van der Waals surface area (Å²) in [5.41, 5.74) is 6.73. The molecule has 0 spiro atoms. The number of aromatic nitrogens is 2. The highest BCUT2D eigenvalue weighted by atomic mass is 16.2. The van der Waals surface area contributed by atoms with Gasteiger partial charge in [0, 0.05) is 49.4 Å². The van der Waals surface area contributed by atoms with Gasteiger partial charge in [0.2, 0.25) is 5.91 Å². The minimum Gasteiger partial charge on any atom is -0.367 e. The van der Waals surface area contributed by atoms with E-state index in [0.717, 1.165) is 41.2 Å². The van der Waals surface area contributed by atoms with Crippen molar-refractivity contribution in [2.24, 2.45) is 0 Å². The molecule has 1 fully saturated rings. The van der Waals surface area contributed by atoms with Gasteiger partial charge in [0.05, 0.1) is 11.0 Å². The monoisotopic (exact) mass is 466 g/mol. The number of fused-ring (bicyclic) bond motifs is 1. The van der Waals surface area contributed by atoms with Gasteiger partial charge in [-0.3, -0.25) is 4.79 Å². The number of para-hydroxylation sites is 3. The van der Waals surface area contributed by atoms with Crippen LogP contribution in [0, 0.1) is 13.8 Å². The first kappa shape index (κ1) is 23.2. The summed E-state index contributed by atoms with van der Waals surface area (Å²) in [4.78, 5) is 22.6. The van der Waals surface area contributed by atoms with Gasteiger partial charge in [-0.2, -0.15) is 0 Å². The molecule has 0 unspecified atom stereocenters. The second-order valence-corrected chi connectivity index (χ2v) is 9.93. The van der Waals surface area contributed by atoms with Gasteiger partial charge in [-0.1, -0.05) is 48.0 Å². The number of benzene rings is 3. The van der Waals surface area contributed by atoms with Crippen LogP contribution in [0.1, 0.15) is 43.1 Å². The molecule has 2 heterocycles. The van der Waals surface area contributed by atoms with Crippen LogP contribution in [0.3, 0.4) is 0 Å². The summed E-state index contributed by atoms with van der Waals surface area (Å²) in [6.45, 7) is 11.0. The average molecular weight is 467 g/mol. The first-order chi connectivity index (χ1) is 16.9. The Kier molecular flexibility index (Phi) is 6.33. The number of rotatable bonds is 7. The molecule has 1 saturated heterocycles. The maximum atomic E-state index is 13.1. The Balaban J connectivity index is 1.46. The van der Waals surface area contributed by atoms with E-state index in [0.29, 0.717) is 19.0 Å². The van der Waals surface area contributed by atoms with Gasteiger partial charge in [-0.05, 0) is 63.6 Å². The molecular weight excluding hydrogens is 432 g/mol. The lowest BCUT2D eigenvalue weighted by atomic mass is 10.1. The SMILES string of the molecule is Cc1ccc(N2C[C@@H](c3nc4ccccc4n3CCN(c3ccccc3)C(C)C)CC2=O)c(C)c1. The van der Waals surface area contributed by atoms with Crippen molar-refractivity contribution in [2.45, 2.75) is 52.6 Å². The van der Waals surface area contributed by atoms with Crippen LogP contribution in [0.4, 0.5) is 11.4 Å². The molecule has 1 aliphatic heterocycles. The Labute approximate surface area is 208 Å². The highest BCUT2D eigenvalue weighted by Crippen LogP contribution is 2.35. The molecule has 1 amide bonds. The molecule has 0 bridgehead atoms. The van der Waals surface area contributed by atoms with E-state index in [-0.39, 0.29) is 11.8 Å². The molecule has 0 N–H and O–H groups in total. The lowest BCUT2D eigenvalue weighted by Crippen LogP contribution is -2.34. The third-order valence-electron chi connectivity index (χ3n) is 7.09. The zero-order chi connectivity index (χ0) is 24.5. The van der Waals surface area contributed by atoms with Crippen molar-refractivity contribution in [1.29, 1.82) is 0 Å².